The lowest BCUT2D eigenvalue weighted by molar-refractivity contribution is -0.142. The maximum absolute atomic E-state index is 11.8. The molecule has 5 nitrogen and oxygen atoms in total. The van der Waals surface area contributed by atoms with Crippen LogP contribution in [0.4, 0.5) is 0 Å². The predicted octanol–water partition coefficient (Wildman–Crippen LogP) is 1.59. The predicted molar refractivity (Wildman–Crippen MR) is 63.0 cm³/mol. The smallest absolute Gasteiger partial charge is 0.305 e. The second kappa shape index (κ2) is 5.53. The molecule has 1 aromatic carbocycles. The van der Waals surface area contributed by atoms with Crippen LogP contribution in [0.1, 0.15) is 23.7 Å². The van der Waals surface area contributed by atoms with E-state index < -0.39 is 0 Å². The van der Waals surface area contributed by atoms with Gasteiger partial charge < -0.3 is 14.2 Å². The highest BCUT2D eigenvalue weighted by atomic mass is 16.6. The number of carbonyl (C=O) groups excluding carboxylic acids is 2. The molecule has 0 spiro atoms. The Morgan fingerprint density at radius 2 is 1.94 bits per heavy atom. The molecule has 0 radical (unpaired) electrons. The average Bonchev–Trinajstić information content (AvgIpc) is 2.43. The fraction of sp³-hybridized carbons (Fsp3) is 0.385. The number of rotatable bonds is 4. The van der Waals surface area contributed by atoms with Crippen molar-refractivity contribution in [2.45, 2.75) is 13.3 Å². The first-order valence-electron chi connectivity index (χ1n) is 5.79. The highest BCUT2D eigenvalue weighted by Gasteiger charge is 2.15. The minimum Gasteiger partial charge on any atom is -0.486 e. The molecule has 0 bridgehead atoms. The van der Waals surface area contributed by atoms with Crippen molar-refractivity contribution in [1.29, 1.82) is 0 Å². The number of ether oxygens (including phenoxy) is 3. The van der Waals surface area contributed by atoms with Crippen LogP contribution in [0.2, 0.25) is 0 Å². The highest BCUT2D eigenvalue weighted by molar-refractivity contribution is 5.98. The molecule has 1 aliphatic heterocycles. The van der Waals surface area contributed by atoms with E-state index in [1.165, 1.54) is 0 Å². The van der Waals surface area contributed by atoms with E-state index >= 15 is 0 Å². The normalized spacial score (nSPS) is 12.9. The van der Waals surface area contributed by atoms with E-state index in [-0.39, 0.29) is 24.8 Å². The van der Waals surface area contributed by atoms with Crippen LogP contribution in [-0.2, 0) is 9.53 Å². The summed E-state index contributed by atoms with van der Waals surface area (Å²) < 4.78 is 15.5. The first-order valence-corrected chi connectivity index (χ1v) is 5.79. The molecule has 0 amide bonds. The number of benzene rings is 1. The Morgan fingerprint density at radius 1 is 1.22 bits per heavy atom. The van der Waals surface area contributed by atoms with E-state index in [9.17, 15) is 9.59 Å². The average molecular weight is 250 g/mol. The fourth-order valence-electron chi connectivity index (χ4n) is 1.55. The van der Waals surface area contributed by atoms with Gasteiger partial charge in [-0.2, -0.15) is 0 Å². The Labute approximate surface area is 105 Å². The van der Waals surface area contributed by atoms with Gasteiger partial charge in [0.15, 0.2) is 23.9 Å². The second-order valence-electron chi connectivity index (χ2n) is 3.80. The summed E-state index contributed by atoms with van der Waals surface area (Å²) >= 11 is 0. The van der Waals surface area contributed by atoms with Gasteiger partial charge in [-0.15, -0.1) is 0 Å². The van der Waals surface area contributed by atoms with Crippen LogP contribution in [0, 0.1) is 0 Å². The molecule has 0 aromatic heterocycles. The van der Waals surface area contributed by atoms with Crippen molar-refractivity contribution in [1.82, 2.24) is 0 Å². The van der Waals surface area contributed by atoms with Gasteiger partial charge in [0.2, 0.25) is 0 Å². The minimum absolute atomic E-state index is 0.244. The molecule has 1 aromatic rings. The lowest BCUT2D eigenvalue weighted by Crippen LogP contribution is -2.17. The van der Waals surface area contributed by atoms with Crippen LogP contribution in [0.3, 0.4) is 0 Å². The molecule has 0 saturated heterocycles. The van der Waals surface area contributed by atoms with E-state index in [1.54, 1.807) is 25.1 Å². The Morgan fingerprint density at radius 3 is 2.67 bits per heavy atom. The van der Waals surface area contributed by atoms with Crippen LogP contribution in [0.5, 0.6) is 11.5 Å². The summed E-state index contributed by atoms with van der Waals surface area (Å²) in [6, 6.07) is 4.93. The third kappa shape index (κ3) is 2.80. The van der Waals surface area contributed by atoms with Gasteiger partial charge >= 0.3 is 5.97 Å². The lowest BCUT2D eigenvalue weighted by atomic mass is 10.1. The molecular weight excluding hydrogens is 236 g/mol. The molecule has 1 heterocycles. The van der Waals surface area contributed by atoms with Gasteiger partial charge in [0, 0.05) is 12.0 Å². The third-order valence-corrected chi connectivity index (χ3v) is 2.52. The zero-order chi connectivity index (χ0) is 13.0. The second-order valence-corrected chi connectivity index (χ2v) is 3.80. The molecule has 2 rings (SSSR count). The fourth-order valence-corrected chi connectivity index (χ4v) is 1.55. The van der Waals surface area contributed by atoms with E-state index in [0.29, 0.717) is 30.3 Å². The first-order chi connectivity index (χ1) is 8.70. The largest absolute Gasteiger partial charge is 0.486 e. The van der Waals surface area contributed by atoms with Crippen molar-refractivity contribution >= 4 is 11.8 Å². The highest BCUT2D eigenvalue weighted by Crippen LogP contribution is 2.30. The van der Waals surface area contributed by atoms with Gasteiger partial charge in [0.25, 0.3) is 0 Å². The number of fused-ring (bicyclic) bond motifs is 1. The quantitative estimate of drug-likeness (QED) is 0.600. The maximum atomic E-state index is 11.8. The molecule has 0 saturated carbocycles. The summed E-state index contributed by atoms with van der Waals surface area (Å²) in [6.07, 6.45) is 0.258. The van der Waals surface area contributed by atoms with Crippen LogP contribution < -0.4 is 9.47 Å². The summed E-state index contributed by atoms with van der Waals surface area (Å²) in [5.74, 6) is 0.534. The molecule has 1 aliphatic rings. The Hall–Kier alpha value is -2.04. The van der Waals surface area contributed by atoms with Crippen molar-refractivity contribution in [3.05, 3.63) is 23.8 Å². The number of esters is 1. The number of Topliss-reactive ketones (excluding diaryl/α,β-unsaturated/α-hetero) is 1. The Balaban J connectivity index is 2.04. The van der Waals surface area contributed by atoms with Gasteiger partial charge in [-0.3, -0.25) is 9.59 Å². The molecular formula is C13H14O5. The summed E-state index contributed by atoms with van der Waals surface area (Å²) in [6.45, 7) is 2.41. The number of carbonyl (C=O) groups is 2. The van der Waals surface area contributed by atoms with E-state index in [0.717, 1.165) is 0 Å². The van der Waals surface area contributed by atoms with E-state index in [2.05, 4.69) is 0 Å². The maximum Gasteiger partial charge on any atom is 0.305 e. The summed E-state index contributed by atoms with van der Waals surface area (Å²) in [5, 5.41) is 0. The molecule has 0 atom stereocenters. The van der Waals surface area contributed by atoms with Gasteiger partial charge in [-0.05, 0) is 18.2 Å². The van der Waals surface area contributed by atoms with Gasteiger partial charge in [-0.1, -0.05) is 6.92 Å². The van der Waals surface area contributed by atoms with Crippen LogP contribution in [0.15, 0.2) is 18.2 Å². The molecule has 0 unspecified atom stereocenters. The van der Waals surface area contributed by atoms with Crippen molar-refractivity contribution in [2.75, 3.05) is 19.8 Å². The SMILES string of the molecule is CCC(=O)OCC(=O)c1ccc2c(c1)OCCO2. The topological polar surface area (TPSA) is 61.8 Å². The van der Waals surface area contributed by atoms with Crippen molar-refractivity contribution < 1.29 is 23.8 Å². The van der Waals surface area contributed by atoms with Gasteiger partial charge in [-0.25, -0.2) is 0 Å². The summed E-state index contributed by atoms with van der Waals surface area (Å²) in [5.41, 5.74) is 0.447. The molecule has 18 heavy (non-hydrogen) atoms. The summed E-state index contributed by atoms with van der Waals surface area (Å²) in [7, 11) is 0. The number of hydrogen-bond acceptors (Lipinski definition) is 5. The van der Waals surface area contributed by atoms with Crippen LogP contribution in [-0.4, -0.2) is 31.6 Å². The third-order valence-electron chi connectivity index (χ3n) is 2.52. The molecule has 5 heteroatoms. The van der Waals surface area contributed by atoms with Crippen LogP contribution >= 0.6 is 0 Å². The van der Waals surface area contributed by atoms with Crippen LogP contribution in [0.25, 0.3) is 0 Å². The standard InChI is InChI=1S/C13H14O5/c1-2-13(15)18-8-10(14)9-3-4-11-12(7-9)17-6-5-16-11/h3-4,7H,2,5-6,8H2,1H3. The lowest BCUT2D eigenvalue weighted by Gasteiger charge is -2.18. The van der Waals surface area contributed by atoms with Gasteiger partial charge in [0.1, 0.15) is 13.2 Å². The van der Waals surface area contributed by atoms with E-state index in [1.807, 2.05) is 0 Å². The number of hydrogen-bond donors (Lipinski definition) is 0. The Kier molecular flexibility index (Phi) is 3.82. The number of ketones is 1. The van der Waals surface area contributed by atoms with Crippen molar-refractivity contribution in [3.8, 4) is 11.5 Å². The van der Waals surface area contributed by atoms with Crippen molar-refractivity contribution in [2.24, 2.45) is 0 Å². The minimum atomic E-state index is -0.388. The first kappa shape index (κ1) is 12.4. The monoisotopic (exact) mass is 250 g/mol. The zero-order valence-electron chi connectivity index (χ0n) is 10.1. The zero-order valence-corrected chi connectivity index (χ0v) is 10.1. The molecule has 0 fully saturated rings. The molecule has 96 valence electrons. The Bertz CT molecular complexity index is 466. The molecule has 0 aliphatic carbocycles. The van der Waals surface area contributed by atoms with Gasteiger partial charge in [0.05, 0.1) is 0 Å². The molecule has 0 N–H and O–H groups in total. The summed E-state index contributed by atoms with van der Waals surface area (Å²) in [4.78, 5) is 22.7. The van der Waals surface area contributed by atoms with E-state index in [4.69, 9.17) is 14.2 Å². The van der Waals surface area contributed by atoms with Crippen molar-refractivity contribution in [3.63, 3.8) is 0 Å².